The fraction of sp³-hybridized carbons (Fsp3) is 0.385. The average molecular weight is 230 g/mol. The van der Waals surface area contributed by atoms with E-state index < -0.39 is 6.04 Å². The summed E-state index contributed by atoms with van der Waals surface area (Å²) in [7, 11) is 0. The van der Waals surface area contributed by atoms with Gasteiger partial charge in [0.2, 0.25) is 0 Å². The summed E-state index contributed by atoms with van der Waals surface area (Å²) in [6, 6.07) is 7.30. The maximum absolute atomic E-state index is 12.0. The molecule has 17 heavy (non-hydrogen) atoms. The average Bonchev–Trinajstić information content (AvgIpc) is 2.82. The molecular formula is C13H14N2O2. The summed E-state index contributed by atoms with van der Waals surface area (Å²) in [5, 5.41) is 2.66. The molecule has 1 heterocycles. The van der Waals surface area contributed by atoms with E-state index in [4.69, 9.17) is 0 Å². The molecule has 1 aromatic rings. The molecule has 4 heteroatoms. The van der Waals surface area contributed by atoms with Gasteiger partial charge in [0.25, 0.3) is 5.91 Å². The third-order valence-corrected chi connectivity index (χ3v) is 3.58. The maximum Gasteiger partial charge on any atom is 0.325 e. The number of hydrogen-bond acceptors (Lipinski definition) is 2. The second-order valence-electron chi connectivity index (χ2n) is 4.63. The number of amides is 3. The smallest absolute Gasteiger partial charge is 0.325 e. The van der Waals surface area contributed by atoms with Crippen LogP contribution in [0.4, 0.5) is 4.79 Å². The predicted molar refractivity (Wildman–Crippen MR) is 62.3 cm³/mol. The second kappa shape index (κ2) is 3.58. The number of hydrogen-bond donors (Lipinski definition) is 1. The fourth-order valence-corrected chi connectivity index (χ4v) is 2.72. The molecule has 1 saturated heterocycles. The van der Waals surface area contributed by atoms with Gasteiger partial charge >= 0.3 is 6.03 Å². The largest absolute Gasteiger partial charge is 0.326 e. The Balaban J connectivity index is 1.97. The molecule has 1 N–H and O–H groups in total. The third kappa shape index (κ3) is 1.44. The van der Waals surface area contributed by atoms with E-state index in [9.17, 15) is 9.59 Å². The van der Waals surface area contributed by atoms with E-state index in [2.05, 4.69) is 11.4 Å². The lowest BCUT2D eigenvalue weighted by Gasteiger charge is -2.21. The first-order valence-electron chi connectivity index (χ1n) is 5.90. The number of nitrogens with one attached hydrogen (secondary N) is 1. The number of urea groups is 1. The molecule has 4 nitrogen and oxygen atoms in total. The maximum atomic E-state index is 12.0. The predicted octanol–water partition coefficient (Wildman–Crippen LogP) is 1.61. The quantitative estimate of drug-likeness (QED) is 0.745. The van der Waals surface area contributed by atoms with E-state index in [0.29, 0.717) is 0 Å². The van der Waals surface area contributed by atoms with E-state index >= 15 is 0 Å². The summed E-state index contributed by atoms with van der Waals surface area (Å²) in [5.74, 6) is -0.114. The van der Waals surface area contributed by atoms with Crippen LogP contribution < -0.4 is 5.32 Å². The van der Waals surface area contributed by atoms with Gasteiger partial charge in [-0.25, -0.2) is 4.79 Å². The summed E-state index contributed by atoms with van der Waals surface area (Å²) in [4.78, 5) is 25.1. The van der Waals surface area contributed by atoms with Crippen LogP contribution in [0.15, 0.2) is 24.3 Å². The first kappa shape index (κ1) is 10.3. The molecule has 1 unspecified atom stereocenters. The number of carbonyl (C=O) groups excluding carboxylic acids is 2. The summed E-state index contributed by atoms with van der Waals surface area (Å²) < 4.78 is 0. The zero-order valence-corrected chi connectivity index (χ0v) is 9.64. The van der Waals surface area contributed by atoms with Crippen molar-refractivity contribution in [2.45, 2.75) is 31.8 Å². The summed E-state index contributed by atoms with van der Waals surface area (Å²) in [5.41, 5.74) is 2.36. The number of aryl methyl sites for hydroxylation is 1. The van der Waals surface area contributed by atoms with Crippen molar-refractivity contribution in [1.82, 2.24) is 10.2 Å². The summed E-state index contributed by atoms with van der Waals surface area (Å²) >= 11 is 0. The monoisotopic (exact) mass is 230 g/mol. The Morgan fingerprint density at radius 2 is 2.06 bits per heavy atom. The number of nitrogens with zero attached hydrogens (tertiary/aromatic N) is 1. The van der Waals surface area contributed by atoms with Gasteiger partial charge in [-0.3, -0.25) is 9.69 Å². The lowest BCUT2D eigenvalue weighted by atomic mass is 10.1. The Morgan fingerprint density at radius 3 is 2.76 bits per heavy atom. The van der Waals surface area contributed by atoms with Crippen LogP contribution in [0.25, 0.3) is 0 Å². The van der Waals surface area contributed by atoms with E-state index in [1.165, 1.54) is 10.5 Å². The van der Waals surface area contributed by atoms with Crippen LogP contribution in [0.2, 0.25) is 0 Å². The molecule has 3 amide bonds. The molecule has 88 valence electrons. The van der Waals surface area contributed by atoms with Crippen molar-refractivity contribution in [3.63, 3.8) is 0 Å². The molecule has 3 rings (SSSR count). The van der Waals surface area contributed by atoms with Gasteiger partial charge in [0.1, 0.15) is 6.04 Å². The standard InChI is InChI=1S/C13H14N2O2/c1-8-12(16)15(13(17)14-8)11-7-6-9-4-2-3-5-10(9)11/h2-5,8,11H,6-7H2,1H3,(H,14,17)/t8?,11-/m1/s1. The van der Waals surface area contributed by atoms with Gasteiger partial charge in [0, 0.05) is 0 Å². The normalized spacial score (nSPS) is 27.2. The molecule has 0 radical (unpaired) electrons. The zero-order chi connectivity index (χ0) is 12.0. The van der Waals surface area contributed by atoms with Crippen molar-refractivity contribution in [2.75, 3.05) is 0 Å². The van der Waals surface area contributed by atoms with E-state index in [0.717, 1.165) is 18.4 Å². The summed E-state index contributed by atoms with van der Waals surface area (Å²) in [6.07, 6.45) is 1.78. The van der Waals surface area contributed by atoms with Gasteiger partial charge in [-0.2, -0.15) is 0 Å². The number of rotatable bonds is 1. The molecule has 0 bridgehead atoms. The van der Waals surface area contributed by atoms with Crippen molar-refractivity contribution in [3.8, 4) is 0 Å². The highest BCUT2D eigenvalue weighted by atomic mass is 16.2. The van der Waals surface area contributed by atoms with Crippen LogP contribution in [0.1, 0.15) is 30.5 Å². The van der Waals surface area contributed by atoms with Gasteiger partial charge in [-0.15, -0.1) is 0 Å². The van der Waals surface area contributed by atoms with Crippen LogP contribution >= 0.6 is 0 Å². The lowest BCUT2D eigenvalue weighted by Crippen LogP contribution is -2.34. The Kier molecular flexibility index (Phi) is 2.18. The minimum absolute atomic E-state index is 0.0800. The Hall–Kier alpha value is -1.84. The van der Waals surface area contributed by atoms with Gasteiger partial charge in [-0.1, -0.05) is 24.3 Å². The van der Waals surface area contributed by atoms with Crippen molar-refractivity contribution in [1.29, 1.82) is 0 Å². The minimum atomic E-state index is -0.393. The fourth-order valence-electron chi connectivity index (χ4n) is 2.72. The topological polar surface area (TPSA) is 49.4 Å². The number of benzene rings is 1. The molecule has 1 aliphatic heterocycles. The van der Waals surface area contributed by atoms with Crippen LogP contribution in [0.3, 0.4) is 0 Å². The van der Waals surface area contributed by atoms with Crippen LogP contribution in [-0.2, 0) is 11.2 Å². The number of fused-ring (bicyclic) bond motifs is 1. The highest BCUT2D eigenvalue weighted by molar-refractivity contribution is 6.04. The molecule has 2 atom stereocenters. The lowest BCUT2D eigenvalue weighted by molar-refractivity contribution is -0.128. The Bertz CT molecular complexity index is 498. The number of carbonyl (C=O) groups is 2. The van der Waals surface area contributed by atoms with Gasteiger partial charge in [0.15, 0.2) is 0 Å². The first-order valence-corrected chi connectivity index (χ1v) is 5.90. The van der Waals surface area contributed by atoms with Gasteiger partial charge in [0.05, 0.1) is 6.04 Å². The molecule has 1 aliphatic carbocycles. The molecular weight excluding hydrogens is 216 g/mol. The second-order valence-corrected chi connectivity index (χ2v) is 4.63. The number of imide groups is 1. The van der Waals surface area contributed by atoms with Crippen LogP contribution in [0.5, 0.6) is 0 Å². The van der Waals surface area contributed by atoms with Crippen molar-refractivity contribution < 1.29 is 9.59 Å². The molecule has 1 fully saturated rings. The Morgan fingerprint density at radius 1 is 1.29 bits per heavy atom. The molecule has 0 saturated carbocycles. The van der Waals surface area contributed by atoms with Crippen molar-refractivity contribution in [2.24, 2.45) is 0 Å². The van der Waals surface area contributed by atoms with Gasteiger partial charge < -0.3 is 5.32 Å². The minimum Gasteiger partial charge on any atom is -0.326 e. The molecule has 1 aromatic carbocycles. The van der Waals surface area contributed by atoms with E-state index in [-0.39, 0.29) is 18.0 Å². The Labute approximate surface area is 99.6 Å². The molecule has 0 aromatic heterocycles. The summed E-state index contributed by atoms with van der Waals surface area (Å²) in [6.45, 7) is 1.72. The third-order valence-electron chi connectivity index (χ3n) is 3.58. The molecule has 0 spiro atoms. The molecule has 2 aliphatic rings. The zero-order valence-electron chi connectivity index (χ0n) is 9.64. The highest BCUT2D eigenvalue weighted by Gasteiger charge is 2.42. The van der Waals surface area contributed by atoms with Crippen LogP contribution in [-0.4, -0.2) is 22.9 Å². The highest BCUT2D eigenvalue weighted by Crippen LogP contribution is 2.36. The van der Waals surface area contributed by atoms with Crippen molar-refractivity contribution in [3.05, 3.63) is 35.4 Å². The first-order chi connectivity index (χ1) is 8.18. The van der Waals surface area contributed by atoms with Gasteiger partial charge in [-0.05, 0) is 30.9 Å². The SMILES string of the molecule is CC1NC(=O)N([C@@H]2CCc3ccccc32)C1=O. The van der Waals surface area contributed by atoms with Crippen molar-refractivity contribution >= 4 is 11.9 Å². The van der Waals surface area contributed by atoms with E-state index in [1.807, 2.05) is 18.2 Å². The van der Waals surface area contributed by atoms with E-state index in [1.54, 1.807) is 6.92 Å². The van der Waals surface area contributed by atoms with Crippen LogP contribution in [0, 0.1) is 0 Å².